The summed E-state index contributed by atoms with van der Waals surface area (Å²) in [5.41, 5.74) is 3.47. The summed E-state index contributed by atoms with van der Waals surface area (Å²) in [6.45, 7) is 9.94. The van der Waals surface area contributed by atoms with Crippen LogP contribution in [0.25, 0.3) is 0 Å². The van der Waals surface area contributed by atoms with Crippen LogP contribution < -0.4 is 0 Å². The number of hydrogen-bond donors (Lipinski definition) is 1. The molecule has 0 spiro atoms. The minimum absolute atomic E-state index is 0.312. The smallest absolute Gasteiger partial charge is 0.0802 e. The molecule has 2 atom stereocenters. The Labute approximate surface area is 116 Å². The zero-order valence-electron chi connectivity index (χ0n) is 12.2. The zero-order valence-corrected chi connectivity index (χ0v) is 12.2. The van der Waals surface area contributed by atoms with Gasteiger partial charge in [-0.25, -0.2) is 0 Å². The van der Waals surface area contributed by atoms with Gasteiger partial charge >= 0.3 is 0 Å². The second-order valence-corrected chi connectivity index (χ2v) is 5.71. The van der Waals surface area contributed by atoms with Gasteiger partial charge in [-0.2, -0.15) is 0 Å². The number of aliphatic hydroxyl groups is 1. The van der Waals surface area contributed by atoms with Crippen molar-refractivity contribution in [3.63, 3.8) is 0 Å². The lowest BCUT2D eigenvalue weighted by Crippen LogP contribution is -2.41. The molecule has 106 valence electrons. The van der Waals surface area contributed by atoms with Crippen molar-refractivity contribution < 1.29 is 9.84 Å². The van der Waals surface area contributed by atoms with E-state index in [2.05, 4.69) is 43.9 Å². The maximum absolute atomic E-state index is 10.3. The second kappa shape index (κ2) is 6.51. The summed E-state index contributed by atoms with van der Waals surface area (Å²) in [6, 6.07) is 6.30. The van der Waals surface area contributed by atoms with Crippen molar-refractivity contribution in [1.29, 1.82) is 0 Å². The average molecular weight is 263 g/mol. The van der Waals surface area contributed by atoms with Crippen LogP contribution in [0.2, 0.25) is 0 Å². The topological polar surface area (TPSA) is 32.7 Å². The molecular formula is C16H25NO2. The average Bonchev–Trinajstić information content (AvgIpc) is 2.35. The van der Waals surface area contributed by atoms with Crippen molar-refractivity contribution in [3.05, 3.63) is 34.9 Å². The number of benzene rings is 1. The van der Waals surface area contributed by atoms with Gasteiger partial charge in [0.2, 0.25) is 0 Å². The van der Waals surface area contributed by atoms with Crippen LogP contribution in [-0.2, 0) is 4.74 Å². The Morgan fingerprint density at radius 1 is 1.32 bits per heavy atom. The summed E-state index contributed by atoms with van der Waals surface area (Å²) >= 11 is 0. The molecule has 2 rings (SSSR count). The van der Waals surface area contributed by atoms with E-state index in [0.717, 1.165) is 38.2 Å². The zero-order chi connectivity index (χ0) is 13.8. The van der Waals surface area contributed by atoms with Crippen LogP contribution in [0.3, 0.4) is 0 Å². The first-order valence-electron chi connectivity index (χ1n) is 7.15. The van der Waals surface area contributed by atoms with Crippen LogP contribution in [0, 0.1) is 13.8 Å². The Morgan fingerprint density at radius 2 is 2.00 bits per heavy atom. The third-order valence-corrected chi connectivity index (χ3v) is 3.67. The van der Waals surface area contributed by atoms with Crippen molar-refractivity contribution in [1.82, 2.24) is 4.90 Å². The molecule has 1 fully saturated rings. The number of aryl methyl sites for hydroxylation is 2. The van der Waals surface area contributed by atoms with E-state index in [1.807, 2.05) is 0 Å². The van der Waals surface area contributed by atoms with Crippen LogP contribution in [-0.4, -0.2) is 42.4 Å². The lowest BCUT2D eigenvalue weighted by molar-refractivity contribution is -0.0221. The molecule has 1 saturated heterocycles. The molecule has 0 radical (unpaired) electrons. The highest BCUT2D eigenvalue weighted by Crippen LogP contribution is 2.20. The highest BCUT2D eigenvalue weighted by atomic mass is 16.5. The Hall–Kier alpha value is -0.900. The minimum Gasteiger partial charge on any atom is -0.388 e. The Balaban J connectivity index is 1.88. The maximum atomic E-state index is 10.3. The molecular weight excluding hydrogens is 238 g/mol. The molecule has 0 aromatic heterocycles. The van der Waals surface area contributed by atoms with Gasteiger partial charge < -0.3 is 9.84 Å². The molecule has 19 heavy (non-hydrogen) atoms. The van der Waals surface area contributed by atoms with Gasteiger partial charge in [0, 0.05) is 19.6 Å². The molecule has 0 aliphatic carbocycles. The molecule has 3 heteroatoms. The van der Waals surface area contributed by atoms with E-state index in [-0.39, 0.29) is 6.10 Å². The predicted molar refractivity (Wildman–Crippen MR) is 77.3 cm³/mol. The van der Waals surface area contributed by atoms with Crippen LogP contribution in [0.15, 0.2) is 18.2 Å². The number of hydrogen-bond acceptors (Lipinski definition) is 3. The number of rotatable bonds is 4. The Bertz CT molecular complexity index is 399. The molecule has 0 bridgehead atoms. The molecule has 0 saturated carbocycles. The van der Waals surface area contributed by atoms with Gasteiger partial charge in [-0.05, 0) is 32.8 Å². The second-order valence-electron chi connectivity index (χ2n) is 5.71. The molecule has 0 amide bonds. The lowest BCUT2D eigenvalue weighted by atomic mass is 10.0. The van der Waals surface area contributed by atoms with Crippen molar-refractivity contribution in [2.45, 2.75) is 39.4 Å². The SMILES string of the molecule is Cc1cc(C)cc(C(O)CCN2CCOC(C)C2)c1. The van der Waals surface area contributed by atoms with E-state index in [1.54, 1.807) is 0 Å². The third-order valence-electron chi connectivity index (χ3n) is 3.67. The summed E-state index contributed by atoms with van der Waals surface area (Å²) < 4.78 is 5.53. The van der Waals surface area contributed by atoms with Crippen LogP contribution >= 0.6 is 0 Å². The highest BCUT2D eigenvalue weighted by Gasteiger charge is 2.18. The minimum atomic E-state index is -0.364. The molecule has 1 aromatic carbocycles. The Kier molecular flexibility index (Phi) is 4.97. The standard InChI is InChI=1S/C16H25NO2/c1-12-8-13(2)10-15(9-12)16(18)4-5-17-6-7-19-14(3)11-17/h8-10,14,16,18H,4-7,11H2,1-3H3. The van der Waals surface area contributed by atoms with E-state index in [9.17, 15) is 5.11 Å². The van der Waals surface area contributed by atoms with Gasteiger partial charge in [-0.3, -0.25) is 4.90 Å². The normalized spacial score (nSPS) is 22.4. The van der Waals surface area contributed by atoms with E-state index < -0.39 is 0 Å². The van der Waals surface area contributed by atoms with Gasteiger partial charge in [-0.15, -0.1) is 0 Å². The summed E-state index contributed by atoms with van der Waals surface area (Å²) in [7, 11) is 0. The largest absolute Gasteiger partial charge is 0.388 e. The highest BCUT2D eigenvalue weighted by molar-refractivity contribution is 5.29. The molecule has 1 aliphatic heterocycles. The first kappa shape index (κ1) is 14.5. The van der Waals surface area contributed by atoms with Gasteiger partial charge in [0.1, 0.15) is 0 Å². The number of ether oxygens (including phenoxy) is 1. The Morgan fingerprint density at radius 3 is 2.63 bits per heavy atom. The van der Waals surface area contributed by atoms with Gasteiger partial charge in [0.25, 0.3) is 0 Å². The number of morpholine rings is 1. The van der Waals surface area contributed by atoms with E-state index >= 15 is 0 Å². The summed E-state index contributed by atoms with van der Waals surface area (Å²) in [5.74, 6) is 0. The van der Waals surface area contributed by atoms with Crippen molar-refractivity contribution in [2.75, 3.05) is 26.2 Å². The summed E-state index contributed by atoms with van der Waals surface area (Å²) in [4.78, 5) is 2.38. The van der Waals surface area contributed by atoms with Gasteiger partial charge in [0.15, 0.2) is 0 Å². The maximum Gasteiger partial charge on any atom is 0.0802 e. The van der Waals surface area contributed by atoms with E-state index in [4.69, 9.17) is 4.74 Å². The molecule has 1 N–H and O–H groups in total. The molecule has 2 unspecified atom stereocenters. The monoisotopic (exact) mass is 263 g/mol. The van der Waals surface area contributed by atoms with E-state index in [0.29, 0.717) is 6.10 Å². The molecule has 1 aliphatic rings. The summed E-state index contributed by atoms with van der Waals surface area (Å²) in [6.07, 6.45) is 0.735. The van der Waals surface area contributed by atoms with Crippen molar-refractivity contribution in [3.8, 4) is 0 Å². The third kappa shape index (κ3) is 4.30. The number of aliphatic hydroxyl groups excluding tert-OH is 1. The van der Waals surface area contributed by atoms with Gasteiger partial charge in [-0.1, -0.05) is 29.3 Å². The molecule has 3 nitrogen and oxygen atoms in total. The summed E-state index contributed by atoms with van der Waals surface area (Å²) in [5, 5.41) is 10.3. The van der Waals surface area contributed by atoms with Crippen LogP contribution in [0.1, 0.15) is 36.1 Å². The van der Waals surface area contributed by atoms with Gasteiger partial charge in [0.05, 0.1) is 18.8 Å². The van der Waals surface area contributed by atoms with Crippen LogP contribution in [0.5, 0.6) is 0 Å². The fourth-order valence-corrected chi connectivity index (χ4v) is 2.77. The first-order valence-corrected chi connectivity index (χ1v) is 7.15. The lowest BCUT2D eigenvalue weighted by Gasteiger charge is -2.31. The number of nitrogens with zero attached hydrogens (tertiary/aromatic N) is 1. The first-order chi connectivity index (χ1) is 9.04. The van der Waals surface area contributed by atoms with Crippen molar-refractivity contribution >= 4 is 0 Å². The predicted octanol–water partition coefficient (Wildman–Crippen LogP) is 2.45. The quantitative estimate of drug-likeness (QED) is 0.905. The fraction of sp³-hybridized carbons (Fsp3) is 0.625. The fourth-order valence-electron chi connectivity index (χ4n) is 2.77. The molecule has 1 heterocycles. The molecule has 1 aromatic rings. The van der Waals surface area contributed by atoms with E-state index in [1.165, 1.54) is 11.1 Å². The van der Waals surface area contributed by atoms with Crippen LogP contribution in [0.4, 0.5) is 0 Å². The van der Waals surface area contributed by atoms with Crippen molar-refractivity contribution in [2.24, 2.45) is 0 Å².